The molecule has 1 aromatic carbocycles. The molecule has 1 aromatic heterocycles. The molecule has 0 saturated carbocycles. The lowest BCUT2D eigenvalue weighted by Crippen LogP contribution is -2.09. The second-order valence-corrected chi connectivity index (χ2v) is 4.57. The Bertz CT molecular complexity index is 530. The SMILES string of the molecule is CCc1ccc(-c2ncc([C@H](C)N)c(C)n2)cc1. The summed E-state index contributed by atoms with van der Waals surface area (Å²) < 4.78 is 0. The van der Waals surface area contributed by atoms with E-state index in [4.69, 9.17) is 5.73 Å². The third-order valence-electron chi connectivity index (χ3n) is 3.13. The van der Waals surface area contributed by atoms with Crippen LogP contribution in [-0.4, -0.2) is 9.97 Å². The number of hydrogen-bond donors (Lipinski definition) is 1. The number of benzene rings is 1. The maximum atomic E-state index is 5.86. The van der Waals surface area contributed by atoms with E-state index in [0.29, 0.717) is 0 Å². The van der Waals surface area contributed by atoms with Crippen molar-refractivity contribution >= 4 is 0 Å². The van der Waals surface area contributed by atoms with Gasteiger partial charge in [-0.15, -0.1) is 0 Å². The molecule has 0 aliphatic rings. The van der Waals surface area contributed by atoms with Gasteiger partial charge in [-0.05, 0) is 25.8 Å². The molecule has 3 heteroatoms. The molecule has 0 amide bonds. The van der Waals surface area contributed by atoms with Gasteiger partial charge < -0.3 is 5.73 Å². The van der Waals surface area contributed by atoms with Gasteiger partial charge in [0.05, 0.1) is 0 Å². The molecule has 2 N–H and O–H groups in total. The van der Waals surface area contributed by atoms with E-state index < -0.39 is 0 Å². The Morgan fingerprint density at radius 1 is 1.22 bits per heavy atom. The van der Waals surface area contributed by atoms with E-state index in [1.165, 1.54) is 5.56 Å². The van der Waals surface area contributed by atoms with Gasteiger partial charge in [-0.1, -0.05) is 31.2 Å². The number of nitrogens with zero attached hydrogens (tertiary/aromatic N) is 2. The molecule has 0 bridgehead atoms. The smallest absolute Gasteiger partial charge is 0.159 e. The minimum Gasteiger partial charge on any atom is -0.324 e. The van der Waals surface area contributed by atoms with Crippen molar-refractivity contribution in [1.29, 1.82) is 0 Å². The Labute approximate surface area is 108 Å². The summed E-state index contributed by atoms with van der Waals surface area (Å²) in [5.74, 6) is 0.763. The molecule has 94 valence electrons. The van der Waals surface area contributed by atoms with Crippen LogP contribution in [0.2, 0.25) is 0 Å². The lowest BCUT2D eigenvalue weighted by Gasteiger charge is -2.10. The lowest BCUT2D eigenvalue weighted by atomic mass is 10.1. The Morgan fingerprint density at radius 3 is 2.39 bits per heavy atom. The molecule has 0 radical (unpaired) electrons. The van der Waals surface area contributed by atoms with Crippen LogP contribution in [0.3, 0.4) is 0 Å². The summed E-state index contributed by atoms with van der Waals surface area (Å²) in [6.07, 6.45) is 2.87. The lowest BCUT2D eigenvalue weighted by molar-refractivity contribution is 0.790. The quantitative estimate of drug-likeness (QED) is 0.898. The molecule has 1 heterocycles. The van der Waals surface area contributed by atoms with Crippen molar-refractivity contribution in [3.8, 4) is 11.4 Å². The normalized spacial score (nSPS) is 12.4. The monoisotopic (exact) mass is 241 g/mol. The minimum absolute atomic E-state index is 0.0264. The number of rotatable bonds is 3. The van der Waals surface area contributed by atoms with Gasteiger partial charge in [-0.3, -0.25) is 0 Å². The highest BCUT2D eigenvalue weighted by molar-refractivity contribution is 5.55. The van der Waals surface area contributed by atoms with Gasteiger partial charge in [-0.2, -0.15) is 0 Å². The van der Waals surface area contributed by atoms with Crippen molar-refractivity contribution in [2.45, 2.75) is 33.2 Å². The van der Waals surface area contributed by atoms with E-state index in [2.05, 4.69) is 41.2 Å². The first-order chi connectivity index (χ1) is 8.61. The maximum Gasteiger partial charge on any atom is 0.159 e. The Kier molecular flexibility index (Phi) is 3.72. The Balaban J connectivity index is 2.36. The van der Waals surface area contributed by atoms with Gasteiger partial charge in [0, 0.05) is 29.1 Å². The van der Waals surface area contributed by atoms with E-state index in [1.807, 2.05) is 20.0 Å². The van der Waals surface area contributed by atoms with Gasteiger partial charge in [-0.25, -0.2) is 9.97 Å². The van der Waals surface area contributed by atoms with Gasteiger partial charge in [0.15, 0.2) is 5.82 Å². The van der Waals surface area contributed by atoms with Crippen molar-refractivity contribution in [3.63, 3.8) is 0 Å². The minimum atomic E-state index is -0.0264. The average molecular weight is 241 g/mol. The van der Waals surface area contributed by atoms with E-state index in [-0.39, 0.29) is 6.04 Å². The standard InChI is InChI=1S/C15H19N3/c1-4-12-5-7-13(8-6-12)15-17-9-14(10(2)16)11(3)18-15/h5-10H,4,16H2,1-3H3/t10-/m0/s1. The van der Waals surface area contributed by atoms with Crippen molar-refractivity contribution in [2.24, 2.45) is 5.73 Å². The van der Waals surface area contributed by atoms with E-state index in [1.54, 1.807) is 0 Å². The predicted octanol–water partition coefficient (Wildman–Crippen LogP) is 3.03. The first-order valence-corrected chi connectivity index (χ1v) is 6.30. The fourth-order valence-corrected chi connectivity index (χ4v) is 1.95. The van der Waals surface area contributed by atoms with Gasteiger partial charge >= 0.3 is 0 Å². The fourth-order valence-electron chi connectivity index (χ4n) is 1.95. The van der Waals surface area contributed by atoms with Gasteiger partial charge in [0.1, 0.15) is 0 Å². The van der Waals surface area contributed by atoms with Crippen molar-refractivity contribution in [3.05, 3.63) is 47.3 Å². The largest absolute Gasteiger partial charge is 0.324 e. The molecule has 2 aromatic rings. The molecule has 2 rings (SSSR count). The van der Waals surface area contributed by atoms with Crippen LogP contribution in [0.1, 0.15) is 36.7 Å². The zero-order valence-corrected chi connectivity index (χ0v) is 11.1. The summed E-state index contributed by atoms with van der Waals surface area (Å²) in [5.41, 5.74) is 10.2. The number of aromatic nitrogens is 2. The summed E-state index contributed by atoms with van der Waals surface area (Å²) in [5, 5.41) is 0. The van der Waals surface area contributed by atoms with Crippen molar-refractivity contribution < 1.29 is 0 Å². The fraction of sp³-hybridized carbons (Fsp3) is 0.333. The van der Waals surface area contributed by atoms with Crippen LogP contribution in [0.15, 0.2) is 30.5 Å². The van der Waals surface area contributed by atoms with E-state index in [9.17, 15) is 0 Å². The molecule has 1 atom stereocenters. The molecule has 0 aliphatic heterocycles. The number of hydrogen-bond acceptors (Lipinski definition) is 3. The Morgan fingerprint density at radius 2 is 1.89 bits per heavy atom. The number of nitrogens with two attached hydrogens (primary N) is 1. The van der Waals surface area contributed by atoms with Crippen LogP contribution in [-0.2, 0) is 6.42 Å². The second kappa shape index (κ2) is 5.27. The number of aryl methyl sites for hydroxylation is 2. The summed E-state index contributed by atoms with van der Waals surface area (Å²) in [6.45, 7) is 6.07. The van der Waals surface area contributed by atoms with Gasteiger partial charge in [0.2, 0.25) is 0 Å². The van der Waals surface area contributed by atoms with Crippen molar-refractivity contribution in [1.82, 2.24) is 9.97 Å². The second-order valence-electron chi connectivity index (χ2n) is 4.57. The average Bonchev–Trinajstić information content (AvgIpc) is 2.38. The van der Waals surface area contributed by atoms with E-state index in [0.717, 1.165) is 29.1 Å². The van der Waals surface area contributed by atoms with Gasteiger partial charge in [0.25, 0.3) is 0 Å². The zero-order chi connectivity index (χ0) is 13.1. The molecule has 0 aliphatic carbocycles. The van der Waals surface area contributed by atoms with E-state index >= 15 is 0 Å². The van der Waals surface area contributed by atoms with Crippen LogP contribution >= 0.6 is 0 Å². The molecule has 0 fully saturated rings. The first-order valence-electron chi connectivity index (χ1n) is 6.30. The molecule has 0 unspecified atom stereocenters. The molecule has 3 nitrogen and oxygen atoms in total. The third-order valence-corrected chi connectivity index (χ3v) is 3.13. The van der Waals surface area contributed by atoms with Crippen LogP contribution in [0.25, 0.3) is 11.4 Å². The first kappa shape index (κ1) is 12.7. The highest BCUT2D eigenvalue weighted by Crippen LogP contribution is 2.19. The predicted molar refractivity (Wildman–Crippen MR) is 74.2 cm³/mol. The molecular weight excluding hydrogens is 222 g/mol. The molecule has 18 heavy (non-hydrogen) atoms. The zero-order valence-electron chi connectivity index (χ0n) is 11.1. The maximum absolute atomic E-state index is 5.86. The molecule has 0 saturated heterocycles. The molecule has 0 spiro atoms. The summed E-state index contributed by atoms with van der Waals surface area (Å²) in [7, 11) is 0. The van der Waals surface area contributed by atoms with Crippen LogP contribution in [0.5, 0.6) is 0 Å². The summed E-state index contributed by atoms with van der Waals surface area (Å²) in [6, 6.07) is 8.35. The highest BCUT2D eigenvalue weighted by atomic mass is 14.9. The van der Waals surface area contributed by atoms with Crippen LogP contribution in [0.4, 0.5) is 0 Å². The van der Waals surface area contributed by atoms with Crippen LogP contribution < -0.4 is 5.73 Å². The Hall–Kier alpha value is -1.74. The highest BCUT2D eigenvalue weighted by Gasteiger charge is 2.08. The third kappa shape index (κ3) is 2.57. The topological polar surface area (TPSA) is 51.8 Å². The van der Waals surface area contributed by atoms with Crippen molar-refractivity contribution in [2.75, 3.05) is 0 Å². The summed E-state index contributed by atoms with van der Waals surface area (Å²) in [4.78, 5) is 8.92. The summed E-state index contributed by atoms with van der Waals surface area (Å²) >= 11 is 0. The molecular formula is C15H19N3. The van der Waals surface area contributed by atoms with Crippen LogP contribution in [0, 0.1) is 6.92 Å².